The Labute approximate surface area is 186 Å². The lowest BCUT2D eigenvalue weighted by Crippen LogP contribution is -2.48. The van der Waals surface area contributed by atoms with Crippen LogP contribution in [0.15, 0.2) is 34.7 Å². The topological polar surface area (TPSA) is 95.8 Å². The van der Waals surface area contributed by atoms with Gasteiger partial charge in [0.25, 0.3) is 0 Å². The SMILES string of the molecule is CS(=O)(=O)c1cc(N2CC[C@@H](C(=O)N3N=CC[C@H]3c3cc(F)cc(F)c3F)[C@@H](F)C2)ncn1. The predicted octanol–water partition coefficient (Wildman–Crippen LogP) is 2.42. The molecule has 0 saturated carbocycles. The summed E-state index contributed by atoms with van der Waals surface area (Å²) in [5.41, 5.74) is -0.375. The number of halogens is 4. The molecule has 0 unspecified atom stereocenters. The van der Waals surface area contributed by atoms with Gasteiger partial charge in [-0.1, -0.05) is 0 Å². The molecule has 13 heteroatoms. The Morgan fingerprint density at radius 2 is 1.91 bits per heavy atom. The van der Waals surface area contributed by atoms with E-state index in [9.17, 15) is 26.4 Å². The first-order chi connectivity index (χ1) is 15.6. The van der Waals surface area contributed by atoms with E-state index in [0.717, 1.165) is 23.7 Å². The number of hydrogen-bond donors (Lipinski definition) is 0. The molecular weight excluding hydrogens is 466 g/mol. The van der Waals surface area contributed by atoms with Gasteiger partial charge in [-0.05, 0) is 12.5 Å². The second-order valence-corrected chi connectivity index (χ2v) is 9.83. The lowest BCUT2D eigenvalue weighted by molar-refractivity contribution is -0.140. The lowest BCUT2D eigenvalue weighted by Gasteiger charge is -2.36. The van der Waals surface area contributed by atoms with Crippen LogP contribution in [0.5, 0.6) is 0 Å². The van der Waals surface area contributed by atoms with Crippen molar-refractivity contribution in [2.45, 2.75) is 30.1 Å². The van der Waals surface area contributed by atoms with Crippen LogP contribution in [0, 0.1) is 23.4 Å². The standard InChI is InChI=1S/C20H19F4N5O3S/c1-33(31,32)18-8-17(25-10-26-18)28-5-3-12(15(23)9-28)20(30)29-16(2-4-27-29)13-6-11(21)7-14(22)19(13)24/h4,6-8,10,12,15-16H,2-3,5,9H2,1H3/t12-,15+,16+/m1/s1. The number of carbonyl (C=O) groups excluding carboxylic acids is 1. The molecule has 0 aliphatic carbocycles. The average Bonchev–Trinajstić information content (AvgIpc) is 3.25. The largest absolute Gasteiger partial charge is 0.354 e. The van der Waals surface area contributed by atoms with Gasteiger partial charge in [0.1, 0.15) is 24.1 Å². The number of benzene rings is 1. The van der Waals surface area contributed by atoms with Crippen LogP contribution in [0.2, 0.25) is 0 Å². The summed E-state index contributed by atoms with van der Waals surface area (Å²) in [7, 11) is -3.59. The van der Waals surface area contributed by atoms with Crippen LogP contribution in [0.3, 0.4) is 0 Å². The van der Waals surface area contributed by atoms with Crippen LogP contribution < -0.4 is 4.90 Å². The Morgan fingerprint density at radius 3 is 2.61 bits per heavy atom. The molecular formula is C20H19F4N5O3S. The summed E-state index contributed by atoms with van der Waals surface area (Å²) in [6.45, 7) is -0.0655. The molecule has 2 aromatic rings. The number of rotatable bonds is 4. The van der Waals surface area contributed by atoms with E-state index in [4.69, 9.17) is 0 Å². The number of hydrazone groups is 1. The second-order valence-electron chi connectivity index (χ2n) is 7.87. The zero-order valence-corrected chi connectivity index (χ0v) is 18.1. The second kappa shape index (κ2) is 8.69. The van der Waals surface area contributed by atoms with Crippen molar-refractivity contribution in [2.24, 2.45) is 11.0 Å². The molecule has 2 aliphatic heterocycles. The number of piperidine rings is 1. The fourth-order valence-corrected chi connectivity index (χ4v) is 4.53. The highest BCUT2D eigenvalue weighted by molar-refractivity contribution is 7.90. The highest BCUT2D eigenvalue weighted by Gasteiger charge is 2.41. The summed E-state index contributed by atoms with van der Waals surface area (Å²) in [6, 6.07) is 1.33. The molecule has 0 radical (unpaired) electrons. The molecule has 1 aromatic carbocycles. The Hall–Kier alpha value is -3.09. The van der Waals surface area contributed by atoms with Gasteiger partial charge in [-0.25, -0.2) is 41.0 Å². The highest BCUT2D eigenvalue weighted by Crippen LogP contribution is 2.35. The minimum absolute atomic E-state index is 0.0244. The van der Waals surface area contributed by atoms with E-state index >= 15 is 4.39 Å². The van der Waals surface area contributed by atoms with Crippen molar-refractivity contribution in [3.05, 3.63) is 47.5 Å². The summed E-state index contributed by atoms with van der Waals surface area (Å²) in [5.74, 6) is -5.34. The van der Waals surface area contributed by atoms with Crippen LogP contribution in [0.4, 0.5) is 23.4 Å². The molecule has 8 nitrogen and oxygen atoms in total. The number of alkyl halides is 1. The first-order valence-corrected chi connectivity index (χ1v) is 11.9. The smallest absolute Gasteiger partial charge is 0.249 e. The van der Waals surface area contributed by atoms with Crippen molar-refractivity contribution in [3.8, 4) is 0 Å². The van der Waals surface area contributed by atoms with Crippen molar-refractivity contribution in [1.82, 2.24) is 15.0 Å². The lowest BCUT2D eigenvalue weighted by atomic mass is 9.92. The first kappa shape index (κ1) is 23.1. The summed E-state index contributed by atoms with van der Waals surface area (Å²) in [4.78, 5) is 22.2. The monoisotopic (exact) mass is 485 g/mol. The van der Waals surface area contributed by atoms with Crippen LogP contribution in [0.25, 0.3) is 0 Å². The van der Waals surface area contributed by atoms with Gasteiger partial charge in [0, 0.05) is 43.1 Å². The number of amides is 1. The van der Waals surface area contributed by atoms with E-state index in [0.29, 0.717) is 6.07 Å². The zero-order chi connectivity index (χ0) is 23.9. The molecule has 176 valence electrons. The Morgan fingerprint density at radius 1 is 1.15 bits per heavy atom. The molecule has 1 amide bonds. The maximum absolute atomic E-state index is 15.1. The average molecular weight is 485 g/mol. The number of nitrogens with zero attached hydrogens (tertiary/aromatic N) is 5. The minimum atomic E-state index is -3.59. The Bertz CT molecular complexity index is 1230. The van der Waals surface area contributed by atoms with Crippen LogP contribution in [-0.2, 0) is 14.6 Å². The van der Waals surface area contributed by atoms with E-state index < -0.39 is 51.3 Å². The summed E-state index contributed by atoms with van der Waals surface area (Å²) in [5, 5.41) is 4.56. The van der Waals surface area contributed by atoms with Crippen molar-refractivity contribution in [1.29, 1.82) is 0 Å². The van der Waals surface area contributed by atoms with Gasteiger partial charge in [0.15, 0.2) is 26.5 Å². The molecule has 3 atom stereocenters. The van der Waals surface area contributed by atoms with E-state index in [1.54, 1.807) is 0 Å². The van der Waals surface area contributed by atoms with Crippen molar-refractivity contribution in [3.63, 3.8) is 0 Å². The van der Waals surface area contributed by atoms with E-state index in [-0.39, 0.29) is 42.3 Å². The molecule has 2 aliphatic rings. The summed E-state index contributed by atoms with van der Waals surface area (Å²) >= 11 is 0. The van der Waals surface area contributed by atoms with Crippen molar-refractivity contribution < 1.29 is 30.8 Å². The molecule has 1 saturated heterocycles. The Kier molecular flexibility index (Phi) is 6.08. The minimum Gasteiger partial charge on any atom is -0.354 e. The number of sulfone groups is 1. The maximum Gasteiger partial charge on any atom is 0.249 e. The van der Waals surface area contributed by atoms with Crippen molar-refractivity contribution in [2.75, 3.05) is 24.2 Å². The van der Waals surface area contributed by atoms with E-state index in [1.807, 2.05) is 0 Å². The molecule has 3 heterocycles. The summed E-state index contributed by atoms with van der Waals surface area (Å²) < 4.78 is 80.1. The van der Waals surface area contributed by atoms with Crippen LogP contribution in [-0.4, -0.2) is 61.0 Å². The third-order valence-electron chi connectivity index (χ3n) is 5.63. The third kappa shape index (κ3) is 4.54. The predicted molar refractivity (Wildman–Crippen MR) is 109 cm³/mol. The van der Waals surface area contributed by atoms with Gasteiger partial charge < -0.3 is 4.90 Å². The molecule has 4 rings (SSSR count). The number of aromatic nitrogens is 2. The fourth-order valence-electron chi connectivity index (χ4n) is 3.97. The van der Waals surface area contributed by atoms with Crippen LogP contribution in [0.1, 0.15) is 24.4 Å². The molecule has 33 heavy (non-hydrogen) atoms. The highest BCUT2D eigenvalue weighted by atomic mass is 32.2. The third-order valence-corrected chi connectivity index (χ3v) is 6.61. The van der Waals surface area contributed by atoms with E-state index in [1.165, 1.54) is 17.2 Å². The molecule has 0 N–H and O–H groups in total. The first-order valence-electron chi connectivity index (χ1n) is 9.97. The maximum atomic E-state index is 15.1. The van der Waals surface area contributed by atoms with Gasteiger partial charge in [-0.3, -0.25) is 4.79 Å². The van der Waals surface area contributed by atoms with Crippen molar-refractivity contribution >= 4 is 27.8 Å². The Balaban J connectivity index is 1.51. The van der Waals surface area contributed by atoms with E-state index in [2.05, 4.69) is 15.1 Å². The molecule has 0 bridgehead atoms. The fraction of sp³-hybridized carbons (Fsp3) is 0.400. The number of anilines is 1. The van der Waals surface area contributed by atoms with Gasteiger partial charge in [0.05, 0.1) is 18.5 Å². The normalized spacial score (nSPS) is 23.2. The van der Waals surface area contributed by atoms with Gasteiger partial charge in [-0.15, -0.1) is 0 Å². The number of hydrogen-bond acceptors (Lipinski definition) is 7. The molecule has 1 fully saturated rings. The molecule has 1 aromatic heterocycles. The van der Waals surface area contributed by atoms with Gasteiger partial charge >= 0.3 is 0 Å². The number of carbonyl (C=O) groups is 1. The zero-order valence-electron chi connectivity index (χ0n) is 17.3. The quantitative estimate of drug-likeness (QED) is 0.375. The summed E-state index contributed by atoms with van der Waals surface area (Å²) in [6.07, 6.45) is 1.75. The molecule has 0 spiro atoms. The van der Waals surface area contributed by atoms with Gasteiger partial charge in [-0.2, -0.15) is 5.10 Å². The van der Waals surface area contributed by atoms with Crippen LogP contribution >= 0.6 is 0 Å². The van der Waals surface area contributed by atoms with Gasteiger partial charge in [0.2, 0.25) is 5.91 Å².